The van der Waals surface area contributed by atoms with Gasteiger partial charge in [-0.05, 0) is 56.9 Å². The molecule has 0 aliphatic carbocycles. The molecule has 2 aliphatic rings. The van der Waals surface area contributed by atoms with E-state index in [-0.39, 0.29) is 5.91 Å². The standard InChI is InChI=1S/C30H40ClN7O3S/c1-5-24-20-37(28-26(31)18-22(19-34-28)27-32-12-13-33-27)16-17-38(24)25-10-14-36(15-11-25)29(39)21-6-8-23(9-7-21)30(2,3)35-42(4,40)41/h6-9,12-13,18-19,24-25,35H,5,10-11,14-17,20H2,1-4H3,(H,32,33)/t24-/m0/s1. The number of rotatable bonds is 8. The number of hydrogen-bond acceptors (Lipinski definition) is 7. The van der Waals surface area contributed by atoms with Gasteiger partial charge in [-0.15, -0.1) is 0 Å². The molecule has 1 aromatic carbocycles. The zero-order valence-electron chi connectivity index (χ0n) is 24.7. The number of H-pyrrole nitrogens is 1. The Hall–Kier alpha value is -2.99. The maximum atomic E-state index is 13.3. The number of imidazole rings is 1. The van der Waals surface area contributed by atoms with Crippen LogP contribution in [0.15, 0.2) is 48.9 Å². The molecule has 0 unspecified atom stereocenters. The summed E-state index contributed by atoms with van der Waals surface area (Å²) in [6.45, 7) is 9.90. The van der Waals surface area contributed by atoms with Crippen molar-refractivity contribution in [1.82, 2.24) is 29.5 Å². The van der Waals surface area contributed by atoms with Crippen LogP contribution in [0, 0.1) is 0 Å². The number of pyridine rings is 1. The Balaban J connectivity index is 1.17. The summed E-state index contributed by atoms with van der Waals surface area (Å²) in [5.74, 6) is 1.58. The third-order valence-corrected chi connectivity index (χ3v) is 9.57. The fourth-order valence-electron chi connectivity index (χ4n) is 6.26. The largest absolute Gasteiger partial charge is 0.353 e. The van der Waals surface area contributed by atoms with Crippen LogP contribution in [0.2, 0.25) is 5.02 Å². The summed E-state index contributed by atoms with van der Waals surface area (Å²) < 4.78 is 26.1. The highest BCUT2D eigenvalue weighted by Gasteiger charge is 2.35. The third-order valence-electron chi connectivity index (χ3n) is 8.41. The molecule has 2 fully saturated rings. The smallest absolute Gasteiger partial charge is 0.253 e. The Morgan fingerprint density at radius 1 is 1.12 bits per heavy atom. The van der Waals surface area contributed by atoms with Crippen LogP contribution in [0.4, 0.5) is 5.82 Å². The molecule has 0 bridgehead atoms. The lowest BCUT2D eigenvalue weighted by molar-refractivity contribution is 0.0491. The van der Waals surface area contributed by atoms with E-state index in [1.165, 1.54) is 0 Å². The number of halogens is 1. The zero-order chi connectivity index (χ0) is 30.1. The van der Waals surface area contributed by atoms with Gasteiger partial charge in [0.2, 0.25) is 10.0 Å². The van der Waals surface area contributed by atoms with Crippen LogP contribution in [-0.2, 0) is 15.6 Å². The number of carbonyl (C=O) groups excluding carboxylic acids is 1. The van der Waals surface area contributed by atoms with Crippen LogP contribution < -0.4 is 9.62 Å². The molecule has 4 heterocycles. The van der Waals surface area contributed by atoms with Crippen LogP contribution >= 0.6 is 11.6 Å². The van der Waals surface area contributed by atoms with Crippen LogP contribution in [-0.4, -0.2) is 90.1 Å². The highest BCUT2D eigenvalue weighted by atomic mass is 35.5. The first-order valence-corrected chi connectivity index (χ1v) is 16.8. The molecule has 42 heavy (non-hydrogen) atoms. The van der Waals surface area contributed by atoms with E-state index >= 15 is 0 Å². The highest BCUT2D eigenvalue weighted by Crippen LogP contribution is 2.31. The van der Waals surface area contributed by atoms with E-state index in [0.29, 0.717) is 35.8 Å². The van der Waals surface area contributed by atoms with Gasteiger partial charge in [-0.25, -0.2) is 23.1 Å². The Morgan fingerprint density at radius 3 is 2.43 bits per heavy atom. The minimum absolute atomic E-state index is 0.0180. The number of aromatic nitrogens is 3. The second kappa shape index (κ2) is 12.3. The average molecular weight is 614 g/mol. The van der Waals surface area contributed by atoms with E-state index < -0.39 is 15.6 Å². The van der Waals surface area contributed by atoms with Crippen molar-refractivity contribution < 1.29 is 13.2 Å². The molecule has 2 saturated heterocycles. The Bertz CT molecular complexity index is 1490. The lowest BCUT2D eigenvalue weighted by Crippen LogP contribution is -2.58. The minimum atomic E-state index is -3.37. The van der Waals surface area contributed by atoms with Crippen molar-refractivity contribution in [2.45, 2.75) is 57.7 Å². The van der Waals surface area contributed by atoms with Crippen molar-refractivity contribution in [3.05, 3.63) is 65.1 Å². The van der Waals surface area contributed by atoms with E-state index in [0.717, 1.165) is 67.9 Å². The number of aromatic amines is 1. The Morgan fingerprint density at radius 2 is 1.83 bits per heavy atom. The summed E-state index contributed by atoms with van der Waals surface area (Å²) >= 11 is 6.68. The van der Waals surface area contributed by atoms with Crippen LogP contribution in [0.25, 0.3) is 11.4 Å². The third kappa shape index (κ3) is 6.80. The zero-order valence-corrected chi connectivity index (χ0v) is 26.2. The van der Waals surface area contributed by atoms with E-state index in [1.807, 2.05) is 43.1 Å². The first-order chi connectivity index (χ1) is 19.9. The van der Waals surface area contributed by atoms with Gasteiger partial charge in [0.15, 0.2) is 0 Å². The van der Waals surface area contributed by atoms with E-state index in [1.54, 1.807) is 24.5 Å². The summed E-state index contributed by atoms with van der Waals surface area (Å²) in [5.41, 5.74) is 1.52. The van der Waals surface area contributed by atoms with Crippen molar-refractivity contribution in [3.63, 3.8) is 0 Å². The second-order valence-corrected chi connectivity index (χ2v) is 14.0. The predicted octanol–water partition coefficient (Wildman–Crippen LogP) is 4.11. The molecule has 2 aromatic heterocycles. The number of sulfonamides is 1. The van der Waals surface area contributed by atoms with Crippen molar-refractivity contribution in [2.75, 3.05) is 43.9 Å². The summed E-state index contributed by atoms with van der Waals surface area (Å²) in [7, 11) is -3.37. The number of likely N-dealkylation sites (tertiary alicyclic amines) is 1. The molecular formula is C30H40ClN7O3S. The van der Waals surface area contributed by atoms with Crippen LogP contribution in [0.1, 0.15) is 56.0 Å². The number of piperidine rings is 1. The Kier molecular flexibility index (Phi) is 8.94. The van der Waals surface area contributed by atoms with Crippen LogP contribution in [0.5, 0.6) is 0 Å². The topological polar surface area (TPSA) is 115 Å². The molecule has 2 N–H and O–H groups in total. The quantitative estimate of drug-likeness (QED) is 0.393. The number of nitrogens with zero attached hydrogens (tertiary/aromatic N) is 5. The molecule has 12 heteroatoms. The molecular weight excluding hydrogens is 574 g/mol. The van der Waals surface area contributed by atoms with Gasteiger partial charge in [0.25, 0.3) is 5.91 Å². The maximum absolute atomic E-state index is 13.3. The summed E-state index contributed by atoms with van der Waals surface area (Å²) in [6.07, 6.45) is 9.35. The van der Waals surface area contributed by atoms with Gasteiger partial charge >= 0.3 is 0 Å². The van der Waals surface area contributed by atoms with E-state index in [4.69, 9.17) is 16.6 Å². The number of nitrogens with one attached hydrogen (secondary N) is 2. The molecule has 0 radical (unpaired) electrons. The first-order valence-electron chi connectivity index (χ1n) is 14.5. The number of benzene rings is 1. The van der Waals surface area contributed by atoms with Crippen molar-refractivity contribution in [3.8, 4) is 11.4 Å². The van der Waals surface area contributed by atoms with Gasteiger partial charge in [0.05, 0.1) is 16.8 Å². The summed E-state index contributed by atoms with van der Waals surface area (Å²) in [6, 6.07) is 9.97. The van der Waals surface area contributed by atoms with Gasteiger partial charge in [0, 0.05) is 74.5 Å². The normalized spacial score (nSPS) is 19.3. The molecule has 10 nitrogen and oxygen atoms in total. The van der Waals surface area contributed by atoms with Gasteiger partial charge in [-0.3, -0.25) is 9.69 Å². The molecule has 1 atom stereocenters. The second-order valence-electron chi connectivity index (χ2n) is 11.8. The SMILES string of the molecule is CC[C@H]1CN(c2ncc(-c3ncc[nH]3)cc2Cl)CCN1C1CCN(C(=O)c2ccc(C(C)(C)NS(C)(=O)=O)cc2)CC1. The maximum Gasteiger partial charge on any atom is 0.253 e. The number of hydrogen-bond donors (Lipinski definition) is 2. The van der Waals surface area contributed by atoms with Crippen molar-refractivity contribution in [1.29, 1.82) is 0 Å². The molecule has 2 aliphatic heterocycles. The van der Waals surface area contributed by atoms with Crippen molar-refractivity contribution in [2.24, 2.45) is 0 Å². The molecule has 0 saturated carbocycles. The fraction of sp³-hybridized carbons (Fsp3) is 0.500. The fourth-order valence-corrected chi connectivity index (χ4v) is 7.59. The minimum Gasteiger partial charge on any atom is -0.353 e. The average Bonchev–Trinajstić information content (AvgIpc) is 3.51. The predicted molar refractivity (Wildman–Crippen MR) is 166 cm³/mol. The lowest BCUT2D eigenvalue weighted by atomic mass is 9.94. The number of carbonyl (C=O) groups is 1. The number of anilines is 1. The van der Waals surface area contributed by atoms with Crippen molar-refractivity contribution >= 4 is 33.3 Å². The molecule has 1 amide bonds. The molecule has 226 valence electrons. The van der Waals surface area contributed by atoms with Gasteiger partial charge in [-0.1, -0.05) is 30.7 Å². The van der Waals surface area contributed by atoms with Crippen LogP contribution in [0.3, 0.4) is 0 Å². The number of amides is 1. The Labute approximate surface area is 253 Å². The van der Waals surface area contributed by atoms with E-state index in [9.17, 15) is 13.2 Å². The van der Waals surface area contributed by atoms with Gasteiger partial charge in [-0.2, -0.15) is 0 Å². The molecule has 3 aromatic rings. The van der Waals surface area contributed by atoms with Gasteiger partial charge < -0.3 is 14.8 Å². The monoisotopic (exact) mass is 613 g/mol. The molecule has 0 spiro atoms. The molecule has 5 rings (SSSR count). The lowest BCUT2D eigenvalue weighted by Gasteiger charge is -2.47. The number of piperazine rings is 1. The first kappa shape index (κ1) is 30.5. The highest BCUT2D eigenvalue weighted by molar-refractivity contribution is 7.88. The van der Waals surface area contributed by atoms with Gasteiger partial charge in [0.1, 0.15) is 11.6 Å². The summed E-state index contributed by atoms with van der Waals surface area (Å²) in [5, 5.41) is 0.627. The summed E-state index contributed by atoms with van der Waals surface area (Å²) in [4.78, 5) is 32.2. The van der Waals surface area contributed by atoms with E-state index in [2.05, 4.69) is 31.4 Å².